The lowest BCUT2D eigenvalue weighted by molar-refractivity contribution is 0.0945. The molecule has 0 amide bonds. The Morgan fingerprint density at radius 1 is 1.38 bits per heavy atom. The van der Waals surface area contributed by atoms with Crippen molar-refractivity contribution >= 4 is 17.5 Å². The molecule has 7 heteroatoms. The van der Waals surface area contributed by atoms with Gasteiger partial charge >= 0.3 is 0 Å². The van der Waals surface area contributed by atoms with Crippen LogP contribution < -0.4 is 11.5 Å². The van der Waals surface area contributed by atoms with E-state index >= 15 is 0 Å². The van der Waals surface area contributed by atoms with Gasteiger partial charge < -0.3 is 11.5 Å². The highest BCUT2D eigenvalue weighted by Gasteiger charge is 2.15. The fourth-order valence-corrected chi connectivity index (χ4v) is 1.22. The number of halogens is 1. The summed E-state index contributed by atoms with van der Waals surface area (Å²) in [6, 6.07) is 3.96. The highest BCUT2D eigenvalue weighted by Crippen LogP contribution is 2.16. The van der Waals surface area contributed by atoms with Crippen LogP contribution in [0.25, 0.3) is 0 Å². The molecule has 2 aromatic rings. The quantitative estimate of drug-likeness (QED) is 0.673. The minimum Gasteiger partial charge on any atom is -0.396 e. The Bertz CT molecular complexity index is 551. The van der Waals surface area contributed by atoms with Gasteiger partial charge in [-0.1, -0.05) is 6.07 Å². The van der Waals surface area contributed by atoms with E-state index in [1.165, 1.54) is 18.2 Å². The minimum absolute atomic E-state index is 0.0184. The van der Waals surface area contributed by atoms with Crippen LogP contribution >= 0.6 is 0 Å². The number of carbonyl (C=O) groups is 1. The normalized spacial score (nSPS) is 10.3. The van der Waals surface area contributed by atoms with E-state index in [1.54, 1.807) is 0 Å². The number of aromatic nitrogens is 3. The summed E-state index contributed by atoms with van der Waals surface area (Å²) in [7, 11) is 0. The lowest BCUT2D eigenvalue weighted by atomic mass is 10.1. The third kappa shape index (κ3) is 1.58. The molecule has 16 heavy (non-hydrogen) atoms. The first kappa shape index (κ1) is 10.1. The highest BCUT2D eigenvalue weighted by molar-refractivity contribution is 6.00. The van der Waals surface area contributed by atoms with Gasteiger partial charge in [-0.3, -0.25) is 4.79 Å². The summed E-state index contributed by atoms with van der Waals surface area (Å²) in [6.07, 6.45) is 1.14. The van der Waals surface area contributed by atoms with Crippen LogP contribution in [0.5, 0.6) is 0 Å². The Labute approximate surface area is 89.7 Å². The zero-order valence-electron chi connectivity index (χ0n) is 8.09. The van der Waals surface area contributed by atoms with Crippen molar-refractivity contribution in [1.82, 2.24) is 14.8 Å². The van der Waals surface area contributed by atoms with E-state index in [1.807, 2.05) is 0 Å². The second-order valence-corrected chi connectivity index (χ2v) is 3.05. The number of benzene rings is 1. The SMILES string of the molecule is Nc1ncn(C(=O)c2cccc(F)c2N)n1. The van der Waals surface area contributed by atoms with Crippen LogP contribution in [0.15, 0.2) is 24.5 Å². The van der Waals surface area contributed by atoms with E-state index in [0.29, 0.717) is 0 Å². The maximum absolute atomic E-state index is 13.1. The molecule has 6 nitrogen and oxygen atoms in total. The van der Waals surface area contributed by atoms with Crippen molar-refractivity contribution in [2.45, 2.75) is 0 Å². The Kier molecular flexibility index (Phi) is 2.28. The zero-order valence-corrected chi connectivity index (χ0v) is 8.09. The number of carbonyl (C=O) groups excluding carboxylic acids is 1. The van der Waals surface area contributed by atoms with E-state index in [0.717, 1.165) is 11.0 Å². The first-order valence-corrected chi connectivity index (χ1v) is 4.35. The number of para-hydroxylation sites is 1. The van der Waals surface area contributed by atoms with E-state index in [4.69, 9.17) is 11.5 Å². The largest absolute Gasteiger partial charge is 0.396 e. The van der Waals surface area contributed by atoms with Crippen molar-refractivity contribution in [3.63, 3.8) is 0 Å². The van der Waals surface area contributed by atoms with Gasteiger partial charge in [-0.05, 0) is 12.1 Å². The first-order chi connectivity index (χ1) is 7.59. The zero-order chi connectivity index (χ0) is 11.7. The average molecular weight is 221 g/mol. The van der Waals surface area contributed by atoms with Crippen molar-refractivity contribution in [3.8, 4) is 0 Å². The maximum Gasteiger partial charge on any atom is 0.281 e. The molecule has 2 rings (SSSR count). The second kappa shape index (κ2) is 3.61. The molecular weight excluding hydrogens is 213 g/mol. The molecule has 0 aliphatic heterocycles. The van der Waals surface area contributed by atoms with E-state index in [-0.39, 0.29) is 17.2 Å². The summed E-state index contributed by atoms with van der Waals surface area (Å²) in [4.78, 5) is 15.4. The van der Waals surface area contributed by atoms with Crippen LogP contribution in [-0.2, 0) is 0 Å². The highest BCUT2D eigenvalue weighted by atomic mass is 19.1. The number of hydrogen-bond donors (Lipinski definition) is 2. The molecule has 0 aliphatic carbocycles. The van der Waals surface area contributed by atoms with Gasteiger partial charge in [0.25, 0.3) is 5.91 Å². The standard InChI is InChI=1S/C9H8FN5O/c10-6-3-1-2-5(7(6)11)8(16)15-4-13-9(12)14-15/h1-4H,11H2,(H2,12,14). The van der Waals surface area contributed by atoms with Gasteiger partial charge in [-0.2, -0.15) is 4.68 Å². The van der Waals surface area contributed by atoms with E-state index < -0.39 is 11.7 Å². The van der Waals surface area contributed by atoms with Crippen molar-refractivity contribution in [2.24, 2.45) is 0 Å². The Morgan fingerprint density at radius 2 is 2.12 bits per heavy atom. The van der Waals surface area contributed by atoms with Crippen molar-refractivity contribution in [1.29, 1.82) is 0 Å². The second-order valence-electron chi connectivity index (χ2n) is 3.05. The van der Waals surface area contributed by atoms with Gasteiger partial charge in [0, 0.05) is 0 Å². The van der Waals surface area contributed by atoms with Gasteiger partial charge in [0.05, 0.1) is 11.3 Å². The van der Waals surface area contributed by atoms with Crippen LogP contribution in [0.4, 0.5) is 16.0 Å². The fourth-order valence-electron chi connectivity index (χ4n) is 1.22. The first-order valence-electron chi connectivity index (χ1n) is 4.35. The Hall–Kier alpha value is -2.44. The molecule has 0 atom stereocenters. The predicted molar refractivity (Wildman–Crippen MR) is 55.0 cm³/mol. The van der Waals surface area contributed by atoms with Crippen molar-refractivity contribution < 1.29 is 9.18 Å². The van der Waals surface area contributed by atoms with Gasteiger partial charge in [0.2, 0.25) is 5.95 Å². The number of hydrogen-bond acceptors (Lipinski definition) is 5. The molecule has 1 aromatic carbocycles. The lowest BCUT2D eigenvalue weighted by Gasteiger charge is -2.04. The van der Waals surface area contributed by atoms with E-state index in [9.17, 15) is 9.18 Å². The number of rotatable bonds is 1. The number of nitrogens with two attached hydrogens (primary N) is 2. The fraction of sp³-hybridized carbons (Fsp3) is 0. The molecule has 0 spiro atoms. The molecule has 0 fully saturated rings. The molecule has 0 saturated heterocycles. The molecule has 1 aromatic heterocycles. The Morgan fingerprint density at radius 3 is 2.75 bits per heavy atom. The molecule has 0 saturated carbocycles. The lowest BCUT2D eigenvalue weighted by Crippen LogP contribution is -2.15. The van der Waals surface area contributed by atoms with Gasteiger partial charge in [0.15, 0.2) is 0 Å². The van der Waals surface area contributed by atoms with Crippen LogP contribution in [0.3, 0.4) is 0 Å². The molecule has 1 heterocycles. The summed E-state index contributed by atoms with van der Waals surface area (Å²) in [5, 5.41) is 3.61. The number of anilines is 2. The molecule has 0 radical (unpaired) electrons. The van der Waals surface area contributed by atoms with Crippen molar-refractivity contribution in [2.75, 3.05) is 11.5 Å². The predicted octanol–water partition coefficient (Wildman–Crippen LogP) is 0.270. The van der Waals surface area contributed by atoms with Crippen LogP contribution in [0.2, 0.25) is 0 Å². The van der Waals surface area contributed by atoms with Crippen LogP contribution in [0, 0.1) is 5.82 Å². The topological polar surface area (TPSA) is 99.8 Å². The maximum atomic E-state index is 13.1. The van der Waals surface area contributed by atoms with Crippen molar-refractivity contribution in [3.05, 3.63) is 35.9 Å². The summed E-state index contributed by atoms with van der Waals surface area (Å²) in [5.41, 5.74) is 10.5. The number of nitrogen functional groups attached to an aromatic ring is 2. The van der Waals surface area contributed by atoms with Crippen LogP contribution in [-0.4, -0.2) is 20.7 Å². The van der Waals surface area contributed by atoms with E-state index in [2.05, 4.69) is 10.1 Å². The smallest absolute Gasteiger partial charge is 0.281 e. The third-order valence-electron chi connectivity index (χ3n) is 2.00. The van der Waals surface area contributed by atoms with Gasteiger partial charge in [0.1, 0.15) is 12.1 Å². The molecule has 0 unspecified atom stereocenters. The van der Waals surface area contributed by atoms with Crippen LogP contribution in [0.1, 0.15) is 10.4 Å². The molecule has 0 aliphatic rings. The molecule has 4 N–H and O–H groups in total. The summed E-state index contributed by atoms with van der Waals surface area (Å²) < 4.78 is 14.0. The minimum atomic E-state index is -0.654. The molecule has 82 valence electrons. The summed E-state index contributed by atoms with van der Waals surface area (Å²) >= 11 is 0. The Balaban J connectivity index is 2.45. The molecule has 0 bridgehead atoms. The summed E-state index contributed by atoms with van der Waals surface area (Å²) in [6.45, 7) is 0. The summed E-state index contributed by atoms with van der Waals surface area (Å²) in [5.74, 6) is -1.27. The van der Waals surface area contributed by atoms with Gasteiger partial charge in [-0.25, -0.2) is 9.37 Å². The monoisotopic (exact) mass is 221 g/mol. The van der Waals surface area contributed by atoms with Gasteiger partial charge in [-0.15, -0.1) is 5.10 Å². The molecular formula is C9H8FN5O. The average Bonchev–Trinajstić information content (AvgIpc) is 2.68. The third-order valence-corrected chi connectivity index (χ3v) is 2.00. The number of nitrogens with zero attached hydrogens (tertiary/aromatic N) is 3.